The van der Waals surface area contributed by atoms with Gasteiger partial charge in [-0.25, -0.2) is 4.79 Å². The van der Waals surface area contributed by atoms with Crippen molar-refractivity contribution in [2.75, 3.05) is 85.6 Å². The average Bonchev–Trinajstić information content (AvgIpc) is 3.29. The van der Waals surface area contributed by atoms with Crippen LogP contribution in [-0.4, -0.2) is 155 Å². The highest BCUT2D eigenvalue weighted by atomic mass is 16.5. The maximum Gasteiger partial charge on any atom is 0.326 e. The fourth-order valence-electron chi connectivity index (χ4n) is 6.58. The molecule has 0 aliphatic heterocycles. The Hall–Kier alpha value is -3.79. The van der Waals surface area contributed by atoms with Crippen LogP contribution >= 0.6 is 0 Å². The Kier molecular flexibility index (Phi) is 42.4. The number of unbranched alkanes of at least 4 members (excludes halogenated alkanes) is 15. The summed E-state index contributed by atoms with van der Waals surface area (Å²) in [6.07, 6.45) is 20.2. The third kappa shape index (κ3) is 39.4. The number of ether oxygens (including phenoxy) is 4. The first kappa shape index (κ1) is 62.2. The zero-order valence-electron chi connectivity index (χ0n) is 39.8. The van der Waals surface area contributed by atoms with Crippen molar-refractivity contribution in [2.45, 2.75) is 160 Å². The number of carboxylic acid groups (broad SMARTS) is 1. The number of ketones is 1. The minimum atomic E-state index is -1.18. The summed E-state index contributed by atoms with van der Waals surface area (Å²) < 4.78 is 21.4. The van der Waals surface area contributed by atoms with E-state index in [2.05, 4.69) is 38.8 Å². The van der Waals surface area contributed by atoms with E-state index in [0.717, 1.165) is 19.3 Å². The van der Waals surface area contributed by atoms with Crippen LogP contribution in [0.25, 0.3) is 0 Å². The first-order valence-electron chi connectivity index (χ1n) is 24.2. The van der Waals surface area contributed by atoms with Crippen LogP contribution < -0.4 is 37.6 Å². The molecule has 2 unspecified atom stereocenters. The van der Waals surface area contributed by atoms with Gasteiger partial charge in [0.05, 0.1) is 58.8 Å². The van der Waals surface area contributed by atoms with Crippen LogP contribution in [0.5, 0.6) is 0 Å². The molecule has 0 aromatic heterocycles. The highest BCUT2D eigenvalue weighted by Gasteiger charge is 2.22. The molecular weight excluding hydrogens is 859 g/mol. The molecule has 5 amide bonds. The van der Waals surface area contributed by atoms with E-state index in [4.69, 9.17) is 36.8 Å². The Bertz CT molecular complexity index is 1300. The molecule has 0 heterocycles. The summed E-state index contributed by atoms with van der Waals surface area (Å²) in [5, 5.41) is 34.2. The van der Waals surface area contributed by atoms with Crippen molar-refractivity contribution in [1.29, 1.82) is 0 Å². The summed E-state index contributed by atoms with van der Waals surface area (Å²) in [7, 11) is 5.46. The number of hydrogen-bond acceptors (Lipinski definition) is 14. The van der Waals surface area contributed by atoms with Gasteiger partial charge in [0.15, 0.2) is 5.78 Å². The second-order valence-electron chi connectivity index (χ2n) is 16.3. The molecule has 3 atom stereocenters. The largest absolute Gasteiger partial charge is 0.480 e. The van der Waals surface area contributed by atoms with E-state index in [9.17, 15) is 38.7 Å². The zero-order chi connectivity index (χ0) is 48.9. The quantitative estimate of drug-likeness (QED) is 0.0311. The Morgan fingerprint density at radius 1 is 0.530 bits per heavy atom. The van der Waals surface area contributed by atoms with Crippen molar-refractivity contribution in [1.82, 2.24) is 31.9 Å². The van der Waals surface area contributed by atoms with Crippen LogP contribution in [0.3, 0.4) is 0 Å². The molecule has 0 saturated carbocycles. The predicted molar refractivity (Wildman–Crippen MR) is 249 cm³/mol. The molecule has 0 aliphatic rings. The van der Waals surface area contributed by atoms with E-state index in [1.165, 1.54) is 70.6 Å². The van der Waals surface area contributed by atoms with Crippen molar-refractivity contribution in [3.63, 3.8) is 0 Å². The first-order valence-corrected chi connectivity index (χ1v) is 24.2. The van der Waals surface area contributed by atoms with Gasteiger partial charge in [-0.3, -0.25) is 34.1 Å². The molecule has 382 valence electrons. The van der Waals surface area contributed by atoms with E-state index in [1.807, 2.05) is 0 Å². The van der Waals surface area contributed by atoms with Gasteiger partial charge in [0, 0.05) is 39.5 Å². The number of carboxylic acids is 1. The molecule has 0 aromatic rings. The van der Waals surface area contributed by atoms with Crippen LogP contribution in [-0.2, 0) is 52.5 Å². The smallest absolute Gasteiger partial charge is 0.326 e. The highest BCUT2D eigenvalue weighted by molar-refractivity contribution is 5.87. The van der Waals surface area contributed by atoms with Gasteiger partial charge in [-0.15, -0.1) is 0 Å². The maximum atomic E-state index is 12.3. The van der Waals surface area contributed by atoms with Gasteiger partial charge >= 0.3 is 5.97 Å². The molecular formula is C46H85N7O13. The lowest BCUT2D eigenvalue weighted by Crippen LogP contribution is -2.48. The van der Waals surface area contributed by atoms with Crippen LogP contribution in [0.4, 0.5) is 0 Å². The van der Waals surface area contributed by atoms with E-state index in [0.29, 0.717) is 32.2 Å². The summed E-state index contributed by atoms with van der Waals surface area (Å²) in [5.74, 6) is -3.55. The number of nitrogens with one attached hydrogen (secondary N) is 6. The molecule has 0 fully saturated rings. The number of amides is 5. The third-order valence-corrected chi connectivity index (χ3v) is 10.5. The molecule has 2 radical (unpaired) electrons. The van der Waals surface area contributed by atoms with Gasteiger partial charge in [-0.05, 0) is 32.1 Å². The summed E-state index contributed by atoms with van der Waals surface area (Å²) >= 11 is 0. The van der Waals surface area contributed by atoms with E-state index in [-0.39, 0.29) is 121 Å². The van der Waals surface area contributed by atoms with Gasteiger partial charge in [-0.1, -0.05) is 96.8 Å². The van der Waals surface area contributed by atoms with Crippen LogP contribution in [0.2, 0.25) is 0 Å². The molecule has 0 saturated heterocycles. The third-order valence-electron chi connectivity index (χ3n) is 10.5. The number of aliphatic hydroxyl groups is 1. The standard InChI is InChI=1S/C46H85N7O13/c1-3-4-5-6-7-8-9-10-11-12-13-14-15-16-17-21-42(57)53-38(46(61)62)22-23-41(56)50-25-27-63-29-32-66-36-44(59)51-26-28-64-30-31-65-35-43(58)49-24-19-18-20-37(48-2)40(55)33-52-39(34-54)45(47)60/h2,37-39,48,52,54H,3-36H2,1H3,(H2,47,60)(H,49,58)(H,50,56)(H,51,59)(H,53,57)(H,61,62)/t37-,38?,39?/m0/s1. The SMILES string of the molecule is [CH]N[C@@H](CCCCNC(=O)COCCOCCNC(=O)COCCOCCNC(=O)CCC(NC(=O)CCCCCCCCCCCCCCCCC)C(=O)O)C(=O)CNC(CO)C(N)=O. The number of nitrogens with two attached hydrogens (primary N) is 1. The van der Waals surface area contributed by atoms with Gasteiger partial charge in [0.2, 0.25) is 29.5 Å². The number of carbonyl (C=O) groups is 7. The van der Waals surface area contributed by atoms with Gasteiger partial charge in [-0.2, -0.15) is 0 Å². The second-order valence-corrected chi connectivity index (χ2v) is 16.3. The number of aliphatic hydroxyl groups excluding tert-OH is 1. The first-order chi connectivity index (χ1) is 31.9. The fraction of sp³-hybridized carbons (Fsp3) is 0.826. The lowest BCUT2D eigenvalue weighted by molar-refractivity contribution is -0.142. The Morgan fingerprint density at radius 2 is 1.02 bits per heavy atom. The number of rotatable bonds is 49. The number of Topliss-reactive ketones (excluding diaryl/α,β-unsaturated/α-hetero) is 1. The molecule has 0 aromatic carbocycles. The van der Waals surface area contributed by atoms with Gasteiger partial charge in [0.25, 0.3) is 0 Å². The normalized spacial score (nSPS) is 12.5. The highest BCUT2D eigenvalue weighted by Crippen LogP contribution is 2.14. The Balaban J connectivity index is 3.72. The predicted octanol–water partition coefficient (Wildman–Crippen LogP) is 1.81. The average molecular weight is 944 g/mol. The van der Waals surface area contributed by atoms with E-state index >= 15 is 0 Å². The fourth-order valence-corrected chi connectivity index (χ4v) is 6.58. The summed E-state index contributed by atoms with van der Waals surface area (Å²) in [6, 6.07) is -2.82. The van der Waals surface area contributed by atoms with Crippen molar-refractivity contribution in [2.24, 2.45) is 5.73 Å². The minimum Gasteiger partial charge on any atom is -0.480 e. The molecule has 20 heteroatoms. The molecule has 0 rings (SSSR count). The van der Waals surface area contributed by atoms with E-state index in [1.54, 1.807) is 0 Å². The number of hydrogen-bond donors (Lipinski definition) is 9. The van der Waals surface area contributed by atoms with Crippen LogP contribution in [0.1, 0.15) is 142 Å². The Labute approximate surface area is 393 Å². The topological polar surface area (TPSA) is 295 Å². The lowest BCUT2D eigenvalue weighted by Gasteiger charge is -2.17. The molecule has 66 heavy (non-hydrogen) atoms. The maximum absolute atomic E-state index is 12.3. The molecule has 0 aliphatic carbocycles. The van der Waals surface area contributed by atoms with Crippen LogP contribution in [0.15, 0.2) is 0 Å². The summed E-state index contributed by atoms with van der Waals surface area (Å²) in [4.78, 5) is 83.6. The van der Waals surface area contributed by atoms with Crippen molar-refractivity contribution < 1.29 is 62.7 Å². The lowest BCUT2D eigenvalue weighted by atomic mass is 10.0. The van der Waals surface area contributed by atoms with Crippen LogP contribution in [0, 0.1) is 7.05 Å². The summed E-state index contributed by atoms with van der Waals surface area (Å²) in [5.41, 5.74) is 5.12. The molecule has 0 bridgehead atoms. The monoisotopic (exact) mass is 944 g/mol. The number of aliphatic carboxylic acids is 1. The molecule has 10 N–H and O–H groups in total. The zero-order valence-corrected chi connectivity index (χ0v) is 39.8. The minimum absolute atomic E-state index is 0.0202. The van der Waals surface area contributed by atoms with E-state index < -0.39 is 36.6 Å². The second kappa shape index (κ2) is 45.0. The van der Waals surface area contributed by atoms with Crippen molar-refractivity contribution >= 4 is 41.3 Å². The number of primary amides is 1. The van der Waals surface area contributed by atoms with Crippen molar-refractivity contribution in [3.05, 3.63) is 7.05 Å². The van der Waals surface area contributed by atoms with Gasteiger partial charge in [0.1, 0.15) is 25.3 Å². The number of carbonyl (C=O) groups excluding carboxylic acids is 6. The molecule has 20 nitrogen and oxygen atoms in total. The Morgan fingerprint density at radius 3 is 1.50 bits per heavy atom. The molecule has 0 spiro atoms. The summed E-state index contributed by atoms with van der Waals surface area (Å²) in [6.45, 7) is 3.17. The van der Waals surface area contributed by atoms with Crippen molar-refractivity contribution in [3.8, 4) is 0 Å². The van der Waals surface area contributed by atoms with Gasteiger partial charge < -0.3 is 61.5 Å².